The molecule has 0 aromatic heterocycles. The van der Waals surface area contributed by atoms with Crippen LogP contribution in [-0.4, -0.2) is 25.8 Å². The Bertz CT molecular complexity index is 361. The van der Waals surface area contributed by atoms with Crippen molar-refractivity contribution in [3.8, 4) is 0 Å². The number of rotatable bonds is 4. The van der Waals surface area contributed by atoms with Gasteiger partial charge in [-0.2, -0.15) is 0 Å². The highest BCUT2D eigenvalue weighted by atomic mass is 16.6. The molecule has 92 valence electrons. The number of ether oxygens (including phenoxy) is 2. The molecule has 1 aliphatic carbocycles. The van der Waals surface area contributed by atoms with Gasteiger partial charge in [0.15, 0.2) is 0 Å². The molecule has 1 saturated carbocycles. The van der Waals surface area contributed by atoms with E-state index in [1.807, 2.05) is 18.2 Å². The van der Waals surface area contributed by atoms with E-state index in [1.54, 1.807) is 0 Å². The van der Waals surface area contributed by atoms with Gasteiger partial charge in [0.05, 0.1) is 0 Å². The predicted molar refractivity (Wildman–Crippen MR) is 64.8 cm³/mol. The first kappa shape index (κ1) is 12.1. The molecule has 0 saturated heterocycles. The molecule has 1 aromatic rings. The quantitative estimate of drug-likeness (QED) is 0.751. The normalized spacial score (nSPS) is 23.6. The Morgan fingerprint density at radius 2 is 2.06 bits per heavy atom. The third-order valence-corrected chi connectivity index (χ3v) is 3.23. The summed E-state index contributed by atoms with van der Waals surface area (Å²) in [6, 6.07) is 10.3. The standard InChI is InChI=1S/C14H18O3/c1-16-10-14(15)17-13-9-5-8-12(13)11-6-3-2-4-7-11/h2-4,6-7,12-13H,5,8-10H2,1H3/t12-,13+/m0/s1. The maximum Gasteiger partial charge on any atom is 0.332 e. The van der Waals surface area contributed by atoms with Gasteiger partial charge in [0.1, 0.15) is 12.7 Å². The molecule has 0 unspecified atom stereocenters. The van der Waals surface area contributed by atoms with Crippen molar-refractivity contribution in [1.82, 2.24) is 0 Å². The zero-order valence-corrected chi connectivity index (χ0v) is 10.1. The average molecular weight is 234 g/mol. The van der Waals surface area contributed by atoms with Crippen LogP contribution in [0.25, 0.3) is 0 Å². The van der Waals surface area contributed by atoms with Gasteiger partial charge in [0, 0.05) is 13.0 Å². The van der Waals surface area contributed by atoms with Gasteiger partial charge in [0.2, 0.25) is 0 Å². The second-order valence-electron chi connectivity index (χ2n) is 4.41. The Morgan fingerprint density at radius 1 is 1.29 bits per heavy atom. The van der Waals surface area contributed by atoms with Crippen molar-refractivity contribution < 1.29 is 14.3 Å². The molecule has 1 aliphatic rings. The fraction of sp³-hybridized carbons (Fsp3) is 0.500. The summed E-state index contributed by atoms with van der Waals surface area (Å²) in [6.07, 6.45) is 3.18. The second-order valence-corrected chi connectivity index (χ2v) is 4.41. The molecule has 0 spiro atoms. The van der Waals surface area contributed by atoms with Crippen LogP contribution >= 0.6 is 0 Å². The summed E-state index contributed by atoms with van der Waals surface area (Å²) in [7, 11) is 1.50. The number of methoxy groups -OCH3 is 1. The van der Waals surface area contributed by atoms with Crippen molar-refractivity contribution in [2.24, 2.45) is 0 Å². The largest absolute Gasteiger partial charge is 0.460 e. The molecule has 0 amide bonds. The Morgan fingerprint density at radius 3 is 2.76 bits per heavy atom. The Balaban J connectivity index is 2.00. The van der Waals surface area contributed by atoms with Crippen molar-refractivity contribution in [3.05, 3.63) is 35.9 Å². The molecule has 0 radical (unpaired) electrons. The van der Waals surface area contributed by atoms with Crippen LogP contribution in [-0.2, 0) is 14.3 Å². The smallest absolute Gasteiger partial charge is 0.332 e. The monoisotopic (exact) mass is 234 g/mol. The Kier molecular flexibility index (Phi) is 4.15. The molecule has 0 N–H and O–H groups in total. The third kappa shape index (κ3) is 3.07. The molecule has 3 nitrogen and oxygen atoms in total. The summed E-state index contributed by atoms with van der Waals surface area (Å²) in [6.45, 7) is 0.0397. The molecule has 17 heavy (non-hydrogen) atoms. The van der Waals surface area contributed by atoms with Crippen molar-refractivity contribution in [2.75, 3.05) is 13.7 Å². The zero-order chi connectivity index (χ0) is 12.1. The van der Waals surface area contributed by atoms with Crippen molar-refractivity contribution in [2.45, 2.75) is 31.3 Å². The van der Waals surface area contributed by atoms with Gasteiger partial charge in [-0.1, -0.05) is 30.3 Å². The van der Waals surface area contributed by atoms with Crippen molar-refractivity contribution >= 4 is 5.97 Å². The first-order valence-electron chi connectivity index (χ1n) is 6.04. The van der Waals surface area contributed by atoms with Crippen LogP contribution < -0.4 is 0 Å². The highest BCUT2D eigenvalue weighted by molar-refractivity contribution is 5.71. The van der Waals surface area contributed by atoms with E-state index < -0.39 is 0 Å². The molecular weight excluding hydrogens is 216 g/mol. The Labute approximate surface area is 102 Å². The van der Waals surface area contributed by atoms with E-state index in [4.69, 9.17) is 9.47 Å². The number of hydrogen-bond acceptors (Lipinski definition) is 3. The van der Waals surface area contributed by atoms with Crippen molar-refractivity contribution in [3.63, 3.8) is 0 Å². The molecule has 0 heterocycles. The van der Waals surface area contributed by atoms with E-state index in [0.29, 0.717) is 5.92 Å². The second kappa shape index (κ2) is 5.82. The van der Waals surface area contributed by atoms with Crippen LogP contribution in [0.3, 0.4) is 0 Å². The Hall–Kier alpha value is -1.35. The topological polar surface area (TPSA) is 35.5 Å². The summed E-state index contributed by atoms with van der Waals surface area (Å²) in [4.78, 5) is 11.4. The van der Waals surface area contributed by atoms with E-state index in [-0.39, 0.29) is 18.7 Å². The van der Waals surface area contributed by atoms with Crippen LogP contribution in [0.1, 0.15) is 30.7 Å². The lowest BCUT2D eigenvalue weighted by Gasteiger charge is -2.20. The van der Waals surface area contributed by atoms with Crippen LogP contribution in [0.4, 0.5) is 0 Å². The predicted octanol–water partition coefficient (Wildman–Crippen LogP) is 2.51. The van der Waals surface area contributed by atoms with Gasteiger partial charge >= 0.3 is 5.97 Å². The van der Waals surface area contributed by atoms with E-state index in [9.17, 15) is 4.79 Å². The van der Waals surface area contributed by atoms with E-state index in [2.05, 4.69) is 12.1 Å². The lowest BCUT2D eigenvalue weighted by molar-refractivity contribution is -0.153. The van der Waals surface area contributed by atoms with Crippen LogP contribution in [0.15, 0.2) is 30.3 Å². The molecular formula is C14H18O3. The van der Waals surface area contributed by atoms with Gasteiger partial charge in [-0.3, -0.25) is 0 Å². The fourth-order valence-electron chi connectivity index (χ4n) is 2.47. The van der Waals surface area contributed by atoms with Crippen LogP contribution in [0.5, 0.6) is 0 Å². The van der Waals surface area contributed by atoms with Gasteiger partial charge < -0.3 is 9.47 Å². The van der Waals surface area contributed by atoms with Gasteiger partial charge in [-0.05, 0) is 24.8 Å². The number of carbonyl (C=O) groups excluding carboxylic acids is 1. The zero-order valence-electron chi connectivity index (χ0n) is 10.1. The average Bonchev–Trinajstić information content (AvgIpc) is 2.78. The number of benzene rings is 1. The maximum atomic E-state index is 11.4. The molecule has 0 bridgehead atoms. The summed E-state index contributed by atoms with van der Waals surface area (Å²) in [5, 5.41) is 0. The molecule has 2 rings (SSSR count). The number of esters is 1. The van der Waals surface area contributed by atoms with Crippen LogP contribution in [0, 0.1) is 0 Å². The van der Waals surface area contributed by atoms with Gasteiger partial charge in [0.25, 0.3) is 0 Å². The summed E-state index contributed by atoms with van der Waals surface area (Å²) in [5.41, 5.74) is 1.26. The van der Waals surface area contributed by atoms with E-state index in [0.717, 1.165) is 19.3 Å². The van der Waals surface area contributed by atoms with E-state index >= 15 is 0 Å². The third-order valence-electron chi connectivity index (χ3n) is 3.23. The SMILES string of the molecule is COCC(=O)O[C@@H]1CCC[C@H]1c1ccccc1. The number of carbonyl (C=O) groups is 1. The van der Waals surface area contributed by atoms with Gasteiger partial charge in [-0.25, -0.2) is 4.79 Å². The highest BCUT2D eigenvalue weighted by Gasteiger charge is 2.31. The minimum absolute atomic E-state index is 0.0139. The molecule has 1 fully saturated rings. The summed E-state index contributed by atoms with van der Waals surface area (Å²) in [5.74, 6) is 0.0809. The maximum absolute atomic E-state index is 11.4. The molecule has 1 aromatic carbocycles. The summed E-state index contributed by atoms with van der Waals surface area (Å²) >= 11 is 0. The first-order chi connectivity index (χ1) is 8.31. The number of hydrogen-bond donors (Lipinski definition) is 0. The van der Waals surface area contributed by atoms with Crippen LogP contribution in [0.2, 0.25) is 0 Å². The first-order valence-corrected chi connectivity index (χ1v) is 6.04. The van der Waals surface area contributed by atoms with E-state index in [1.165, 1.54) is 12.7 Å². The highest BCUT2D eigenvalue weighted by Crippen LogP contribution is 2.36. The molecule has 0 aliphatic heterocycles. The van der Waals surface area contributed by atoms with Crippen molar-refractivity contribution in [1.29, 1.82) is 0 Å². The molecule has 3 heteroatoms. The minimum Gasteiger partial charge on any atom is -0.460 e. The minimum atomic E-state index is -0.264. The lowest BCUT2D eigenvalue weighted by Crippen LogP contribution is -2.23. The molecule has 2 atom stereocenters. The summed E-state index contributed by atoms with van der Waals surface area (Å²) < 4.78 is 10.2. The van der Waals surface area contributed by atoms with Gasteiger partial charge in [-0.15, -0.1) is 0 Å². The fourth-order valence-corrected chi connectivity index (χ4v) is 2.47. The lowest BCUT2D eigenvalue weighted by atomic mass is 9.96.